The van der Waals surface area contributed by atoms with Gasteiger partial charge in [-0.25, -0.2) is 0 Å². The summed E-state index contributed by atoms with van der Waals surface area (Å²) in [5, 5.41) is 11.2. The number of nitrogens with zero attached hydrogens (tertiary/aromatic N) is 2. The van der Waals surface area contributed by atoms with Gasteiger partial charge < -0.3 is 8.92 Å². The number of amides is 1. The Bertz CT molecular complexity index is 1470. The van der Waals surface area contributed by atoms with Gasteiger partial charge in [-0.3, -0.25) is 19.8 Å². The maximum atomic E-state index is 12.9. The molecular formula is C23H16N2O7S3. The fourth-order valence-electron chi connectivity index (χ4n) is 3.24. The van der Waals surface area contributed by atoms with Crippen molar-refractivity contribution in [3.05, 3.63) is 93.4 Å². The normalized spacial score (nSPS) is 14.9. The molecule has 178 valence electrons. The maximum Gasteiger partial charge on any atom is 0.346 e. The van der Waals surface area contributed by atoms with Crippen LogP contribution in [0.5, 0.6) is 11.5 Å². The Morgan fingerprint density at radius 2 is 1.71 bits per heavy atom. The van der Waals surface area contributed by atoms with Crippen LogP contribution in [-0.2, 0) is 14.9 Å². The summed E-state index contributed by atoms with van der Waals surface area (Å²) in [5.74, 6) is -0.399. The third-order valence-electron chi connectivity index (χ3n) is 4.82. The number of thioether (sulfide) groups is 1. The number of hydrogen-bond donors (Lipinski definition) is 0. The quantitative estimate of drug-likeness (QED) is 0.140. The summed E-state index contributed by atoms with van der Waals surface area (Å²) in [5.41, 5.74) is 0.578. The highest BCUT2D eigenvalue weighted by molar-refractivity contribution is 8.27. The second-order valence-electron chi connectivity index (χ2n) is 7.03. The van der Waals surface area contributed by atoms with E-state index in [0.717, 1.165) is 23.9 Å². The minimum atomic E-state index is -4.53. The van der Waals surface area contributed by atoms with E-state index >= 15 is 0 Å². The van der Waals surface area contributed by atoms with Crippen molar-refractivity contribution in [1.29, 1.82) is 0 Å². The van der Waals surface area contributed by atoms with Gasteiger partial charge in [0, 0.05) is 6.07 Å². The van der Waals surface area contributed by atoms with Gasteiger partial charge in [-0.1, -0.05) is 60.4 Å². The zero-order valence-electron chi connectivity index (χ0n) is 18.0. The molecule has 0 saturated carbocycles. The lowest BCUT2D eigenvalue weighted by Crippen LogP contribution is -2.27. The van der Waals surface area contributed by atoms with Crippen molar-refractivity contribution < 1.29 is 27.1 Å². The molecular weight excluding hydrogens is 512 g/mol. The first kappa shape index (κ1) is 24.4. The van der Waals surface area contributed by atoms with Gasteiger partial charge >= 0.3 is 10.1 Å². The van der Waals surface area contributed by atoms with Crippen LogP contribution in [0.3, 0.4) is 0 Å². The van der Waals surface area contributed by atoms with Crippen molar-refractivity contribution >= 4 is 61.8 Å². The minimum absolute atomic E-state index is 0.0550. The third kappa shape index (κ3) is 5.04. The molecule has 1 aliphatic heterocycles. The number of methoxy groups -OCH3 is 1. The van der Waals surface area contributed by atoms with E-state index in [1.807, 2.05) is 6.07 Å². The zero-order chi connectivity index (χ0) is 25.2. The van der Waals surface area contributed by atoms with Crippen LogP contribution in [0, 0.1) is 10.1 Å². The summed E-state index contributed by atoms with van der Waals surface area (Å²) in [6, 6.07) is 18.2. The lowest BCUT2D eigenvalue weighted by Gasteiger charge is -2.14. The number of nitro groups is 1. The van der Waals surface area contributed by atoms with Crippen molar-refractivity contribution in [3.63, 3.8) is 0 Å². The van der Waals surface area contributed by atoms with E-state index < -0.39 is 25.6 Å². The first-order valence-electron chi connectivity index (χ1n) is 9.90. The van der Waals surface area contributed by atoms with Gasteiger partial charge in [0.2, 0.25) is 0 Å². The monoisotopic (exact) mass is 528 g/mol. The molecule has 1 fully saturated rings. The number of thiocarbonyl (C=S) groups is 1. The Morgan fingerprint density at radius 3 is 2.40 bits per heavy atom. The predicted molar refractivity (Wildman–Crippen MR) is 136 cm³/mol. The summed E-state index contributed by atoms with van der Waals surface area (Å²) >= 11 is 6.50. The third-order valence-corrected chi connectivity index (χ3v) is 7.41. The lowest BCUT2D eigenvalue weighted by molar-refractivity contribution is -0.387. The molecule has 12 heteroatoms. The largest absolute Gasteiger partial charge is 0.493 e. The highest BCUT2D eigenvalue weighted by Crippen LogP contribution is 2.38. The van der Waals surface area contributed by atoms with Crippen LogP contribution in [0.2, 0.25) is 0 Å². The van der Waals surface area contributed by atoms with Crippen LogP contribution in [0.25, 0.3) is 6.08 Å². The summed E-state index contributed by atoms with van der Waals surface area (Å²) in [6.07, 6.45) is 1.60. The summed E-state index contributed by atoms with van der Waals surface area (Å²) < 4.78 is 36.3. The SMILES string of the molecule is COc1cc(C=C2SC(=S)N(c3ccccc3)C2=O)ccc1OS(=O)(=O)c1ccccc1[N+](=O)[O-]. The van der Waals surface area contributed by atoms with Crippen LogP contribution in [0.4, 0.5) is 11.4 Å². The Kier molecular flexibility index (Phi) is 6.87. The van der Waals surface area contributed by atoms with Gasteiger partial charge in [0.15, 0.2) is 20.7 Å². The van der Waals surface area contributed by atoms with Crippen molar-refractivity contribution in [2.45, 2.75) is 4.90 Å². The van der Waals surface area contributed by atoms with E-state index in [2.05, 4.69) is 0 Å². The molecule has 1 saturated heterocycles. The molecule has 0 radical (unpaired) electrons. The number of hydrogen-bond acceptors (Lipinski definition) is 9. The van der Waals surface area contributed by atoms with E-state index in [1.54, 1.807) is 30.3 Å². The standard InChI is InChI=1S/C23H16N2O7S3/c1-31-19-13-15(14-20-22(26)24(23(33)34-20)16-7-3-2-4-8-16)11-12-18(19)32-35(29,30)21-10-6-5-9-17(21)25(27)28/h2-14H,1H3. The summed E-state index contributed by atoms with van der Waals surface area (Å²) in [6.45, 7) is 0. The van der Waals surface area contributed by atoms with Gasteiger partial charge in [-0.2, -0.15) is 8.42 Å². The smallest absolute Gasteiger partial charge is 0.346 e. The number of ether oxygens (including phenoxy) is 1. The summed E-state index contributed by atoms with van der Waals surface area (Å²) in [4.78, 5) is 24.6. The van der Waals surface area contributed by atoms with Crippen molar-refractivity contribution in [1.82, 2.24) is 0 Å². The highest BCUT2D eigenvalue weighted by atomic mass is 32.2. The molecule has 0 N–H and O–H groups in total. The number of para-hydroxylation sites is 2. The Labute approximate surface area is 210 Å². The van der Waals surface area contributed by atoms with Crippen LogP contribution < -0.4 is 13.8 Å². The molecule has 3 aromatic carbocycles. The zero-order valence-corrected chi connectivity index (χ0v) is 20.4. The molecule has 0 aliphatic carbocycles. The highest BCUT2D eigenvalue weighted by Gasteiger charge is 2.33. The van der Waals surface area contributed by atoms with Gasteiger partial charge in [-0.15, -0.1) is 0 Å². The number of benzene rings is 3. The topological polar surface area (TPSA) is 116 Å². The lowest BCUT2D eigenvalue weighted by atomic mass is 10.2. The van der Waals surface area contributed by atoms with Crippen LogP contribution in [0.15, 0.2) is 82.6 Å². The molecule has 35 heavy (non-hydrogen) atoms. The Balaban J connectivity index is 1.62. The number of carbonyl (C=O) groups is 1. The van der Waals surface area contributed by atoms with Crippen LogP contribution in [-0.4, -0.2) is 30.7 Å². The van der Waals surface area contributed by atoms with Crippen LogP contribution >= 0.6 is 24.0 Å². The molecule has 0 unspecified atom stereocenters. The fraction of sp³-hybridized carbons (Fsp3) is 0.0435. The fourth-order valence-corrected chi connectivity index (χ4v) is 5.65. The first-order chi connectivity index (χ1) is 16.7. The molecule has 1 heterocycles. The predicted octanol–water partition coefficient (Wildman–Crippen LogP) is 4.78. The maximum absolute atomic E-state index is 12.9. The van der Waals surface area contributed by atoms with E-state index in [1.165, 1.54) is 42.3 Å². The van der Waals surface area contributed by atoms with E-state index in [4.69, 9.17) is 21.1 Å². The molecule has 0 spiro atoms. The van der Waals surface area contributed by atoms with Crippen molar-refractivity contribution in [2.75, 3.05) is 12.0 Å². The van der Waals surface area contributed by atoms with E-state index in [-0.39, 0.29) is 17.4 Å². The summed E-state index contributed by atoms with van der Waals surface area (Å²) in [7, 11) is -3.21. The Morgan fingerprint density at radius 1 is 1.03 bits per heavy atom. The number of anilines is 1. The number of rotatable bonds is 7. The second-order valence-corrected chi connectivity index (χ2v) is 10.2. The Hall–Kier alpha value is -3.74. The van der Waals surface area contributed by atoms with E-state index in [9.17, 15) is 23.3 Å². The molecule has 1 amide bonds. The van der Waals surface area contributed by atoms with Gasteiger partial charge in [0.1, 0.15) is 0 Å². The minimum Gasteiger partial charge on any atom is -0.493 e. The average molecular weight is 529 g/mol. The average Bonchev–Trinajstić information content (AvgIpc) is 3.12. The van der Waals surface area contributed by atoms with Crippen molar-refractivity contribution in [2.24, 2.45) is 0 Å². The van der Waals surface area contributed by atoms with E-state index in [0.29, 0.717) is 20.5 Å². The van der Waals surface area contributed by atoms with Gasteiger partial charge in [0.25, 0.3) is 11.6 Å². The van der Waals surface area contributed by atoms with Gasteiger partial charge in [-0.05, 0) is 42.0 Å². The molecule has 3 aromatic rings. The molecule has 9 nitrogen and oxygen atoms in total. The number of carbonyl (C=O) groups excluding carboxylic acids is 1. The van der Waals surface area contributed by atoms with Crippen LogP contribution in [0.1, 0.15) is 5.56 Å². The molecule has 0 aromatic heterocycles. The molecule has 4 rings (SSSR count). The first-order valence-corrected chi connectivity index (χ1v) is 12.5. The molecule has 0 bridgehead atoms. The molecule has 0 atom stereocenters. The number of nitro benzene ring substituents is 1. The van der Waals surface area contributed by atoms with Crippen molar-refractivity contribution in [3.8, 4) is 11.5 Å². The molecule has 1 aliphatic rings. The van der Waals surface area contributed by atoms with Gasteiger partial charge in [0.05, 0.1) is 22.6 Å². The second kappa shape index (κ2) is 9.86.